The van der Waals surface area contributed by atoms with Gasteiger partial charge in [0.1, 0.15) is 6.61 Å². The minimum Gasteiger partial charge on any atom is -0.461 e. The summed E-state index contributed by atoms with van der Waals surface area (Å²) in [5.74, 6) is -2.85. The number of fused-ring (bicyclic) bond motifs is 2. The summed E-state index contributed by atoms with van der Waals surface area (Å²) in [7, 11) is 0. The Balaban J connectivity index is 2.47. The minimum absolute atomic E-state index is 0.189. The third kappa shape index (κ3) is 4.09. The van der Waals surface area contributed by atoms with Crippen molar-refractivity contribution in [3.8, 4) is 0 Å². The van der Waals surface area contributed by atoms with Gasteiger partial charge in [-0.25, -0.2) is 0 Å². The first-order valence-electron chi connectivity index (χ1n) is 7.94. The third-order valence-electron chi connectivity index (χ3n) is 4.30. The van der Waals surface area contributed by atoms with Crippen LogP contribution in [0.5, 0.6) is 0 Å². The van der Waals surface area contributed by atoms with Crippen molar-refractivity contribution in [2.75, 3.05) is 13.2 Å². The Labute approximate surface area is 144 Å². The molecule has 1 heterocycles. The second-order valence-corrected chi connectivity index (χ2v) is 6.24. The Morgan fingerprint density at radius 1 is 0.960 bits per heavy atom. The lowest BCUT2D eigenvalue weighted by Crippen LogP contribution is -2.66. The van der Waals surface area contributed by atoms with E-state index in [4.69, 9.17) is 23.7 Å². The summed E-state index contributed by atoms with van der Waals surface area (Å²) >= 11 is 0. The lowest BCUT2D eigenvalue weighted by atomic mass is 9.72. The second kappa shape index (κ2) is 7.38. The zero-order valence-electron chi connectivity index (χ0n) is 14.6. The third-order valence-corrected chi connectivity index (χ3v) is 4.30. The van der Waals surface area contributed by atoms with Gasteiger partial charge >= 0.3 is 23.9 Å². The van der Waals surface area contributed by atoms with Crippen molar-refractivity contribution in [3.63, 3.8) is 0 Å². The predicted octanol–water partition coefficient (Wildman–Crippen LogP) is 0.134. The van der Waals surface area contributed by atoms with Gasteiger partial charge in [-0.05, 0) is 6.42 Å². The Hall–Kier alpha value is -2.16. The van der Waals surface area contributed by atoms with Gasteiger partial charge in [-0.2, -0.15) is 0 Å². The molecule has 2 fully saturated rings. The SMILES string of the molecule is CC(=O)OC[C@]1(OC(C)=O)[C@H]2CO[C@H](C2)[C@H](OC(C)=O)[C@@H]1OC(C)=O. The standard InChI is InChI=1S/C16H22O9/c1-8(17)22-7-16(25-11(4)20)12-5-13(21-6-12)14(23-9(2)18)15(16)24-10(3)19/h12-15H,5-7H2,1-4H3/t12-,13-,14+,15+,16+/m1/s1. The van der Waals surface area contributed by atoms with Crippen LogP contribution in [0.1, 0.15) is 34.1 Å². The normalized spacial score (nSPS) is 33.3. The van der Waals surface area contributed by atoms with E-state index < -0.39 is 47.8 Å². The monoisotopic (exact) mass is 358 g/mol. The van der Waals surface area contributed by atoms with Crippen LogP contribution in [0.25, 0.3) is 0 Å². The molecule has 2 bridgehead atoms. The number of ether oxygens (including phenoxy) is 5. The van der Waals surface area contributed by atoms with E-state index in [0.29, 0.717) is 6.42 Å². The number of hydrogen-bond donors (Lipinski definition) is 0. The van der Waals surface area contributed by atoms with Crippen LogP contribution < -0.4 is 0 Å². The molecule has 140 valence electrons. The van der Waals surface area contributed by atoms with Gasteiger partial charge in [0.25, 0.3) is 0 Å². The highest BCUT2D eigenvalue weighted by molar-refractivity contribution is 5.69. The molecule has 0 spiro atoms. The fourth-order valence-electron chi connectivity index (χ4n) is 3.46. The van der Waals surface area contributed by atoms with Crippen molar-refractivity contribution in [1.82, 2.24) is 0 Å². The zero-order valence-corrected chi connectivity index (χ0v) is 14.6. The molecule has 25 heavy (non-hydrogen) atoms. The van der Waals surface area contributed by atoms with Crippen molar-refractivity contribution < 1.29 is 42.9 Å². The van der Waals surface area contributed by atoms with Crippen molar-refractivity contribution in [1.29, 1.82) is 0 Å². The molecule has 9 heteroatoms. The molecule has 0 radical (unpaired) electrons. The highest BCUT2D eigenvalue weighted by Crippen LogP contribution is 2.46. The van der Waals surface area contributed by atoms with Crippen LogP contribution in [0.3, 0.4) is 0 Å². The van der Waals surface area contributed by atoms with Crippen molar-refractivity contribution in [2.24, 2.45) is 5.92 Å². The van der Waals surface area contributed by atoms with Gasteiger partial charge in [-0.3, -0.25) is 19.2 Å². The zero-order chi connectivity index (χ0) is 18.8. The number of hydrogen-bond acceptors (Lipinski definition) is 9. The maximum absolute atomic E-state index is 11.7. The summed E-state index contributed by atoms with van der Waals surface area (Å²) in [5.41, 5.74) is -1.49. The molecule has 0 unspecified atom stereocenters. The van der Waals surface area contributed by atoms with Gasteiger partial charge in [-0.1, -0.05) is 0 Å². The van der Waals surface area contributed by atoms with Crippen molar-refractivity contribution >= 4 is 23.9 Å². The molecule has 0 aromatic rings. The maximum atomic E-state index is 11.7. The molecule has 0 aromatic carbocycles. The molecule has 2 rings (SSSR count). The molecule has 2 aliphatic rings. The molecule has 1 saturated heterocycles. The van der Waals surface area contributed by atoms with E-state index in [2.05, 4.69) is 0 Å². The Morgan fingerprint density at radius 3 is 2.12 bits per heavy atom. The van der Waals surface area contributed by atoms with E-state index >= 15 is 0 Å². The molecule has 0 amide bonds. The van der Waals surface area contributed by atoms with Crippen molar-refractivity contribution in [2.45, 2.75) is 58.0 Å². The average Bonchev–Trinajstić information content (AvgIpc) is 2.92. The second-order valence-electron chi connectivity index (χ2n) is 6.24. The lowest BCUT2D eigenvalue weighted by molar-refractivity contribution is -0.236. The number of carbonyl (C=O) groups is 4. The molecule has 1 aliphatic heterocycles. The summed E-state index contributed by atoms with van der Waals surface area (Å²) < 4.78 is 26.9. The van der Waals surface area contributed by atoms with Gasteiger partial charge in [-0.15, -0.1) is 0 Å². The Bertz CT molecular complexity index is 572. The molecule has 1 saturated carbocycles. The molecular weight excluding hydrogens is 336 g/mol. The van der Waals surface area contributed by atoms with Gasteiger partial charge in [0.2, 0.25) is 0 Å². The van der Waals surface area contributed by atoms with E-state index in [1.54, 1.807) is 0 Å². The Kier molecular flexibility index (Phi) is 5.66. The lowest BCUT2D eigenvalue weighted by Gasteiger charge is -2.47. The first kappa shape index (κ1) is 19.2. The number of rotatable bonds is 5. The van der Waals surface area contributed by atoms with Crippen LogP contribution in [0.2, 0.25) is 0 Å². The first-order valence-corrected chi connectivity index (χ1v) is 7.94. The first-order chi connectivity index (χ1) is 11.7. The topological polar surface area (TPSA) is 114 Å². The Morgan fingerprint density at radius 2 is 1.60 bits per heavy atom. The molecule has 5 atom stereocenters. The molecule has 0 aromatic heterocycles. The molecule has 0 N–H and O–H groups in total. The summed E-state index contributed by atoms with van der Waals surface area (Å²) in [4.78, 5) is 46.2. The smallest absolute Gasteiger partial charge is 0.303 e. The van der Waals surface area contributed by atoms with Crippen LogP contribution in [0.4, 0.5) is 0 Å². The quantitative estimate of drug-likeness (QED) is 0.500. The van der Waals surface area contributed by atoms with Crippen LogP contribution in [0, 0.1) is 5.92 Å². The minimum atomic E-state index is -1.49. The highest BCUT2D eigenvalue weighted by atomic mass is 16.6. The van der Waals surface area contributed by atoms with Gasteiger partial charge in [0.15, 0.2) is 17.8 Å². The largest absolute Gasteiger partial charge is 0.461 e. The fraction of sp³-hybridized carbons (Fsp3) is 0.750. The summed E-state index contributed by atoms with van der Waals surface area (Å²) in [6, 6.07) is 0. The van der Waals surface area contributed by atoms with Crippen LogP contribution in [-0.4, -0.2) is 61.0 Å². The van der Waals surface area contributed by atoms with E-state index in [9.17, 15) is 19.2 Å². The maximum Gasteiger partial charge on any atom is 0.303 e. The molecular formula is C16H22O9. The summed E-state index contributed by atoms with van der Waals surface area (Å²) in [5, 5.41) is 0. The van der Waals surface area contributed by atoms with Gasteiger partial charge in [0.05, 0.1) is 12.7 Å². The van der Waals surface area contributed by atoms with Gasteiger partial charge in [0, 0.05) is 33.6 Å². The van der Waals surface area contributed by atoms with Crippen LogP contribution in [-0.2, 0) is 42.9 Å². The van der Waals surface area contributed by atoms with E-state index in [0.717, 1.165) is 0 Å². The van der Waals surface area contributed by atoms with E-state index in [-0.39, 0.29) is 19.1 Å². The summed E-state index contributed by atoms with van der Waals surface area (Å²) in [6.45, 7) is 4.66. The van der Waals surface area contributed by atoms with E-state index in [1.165, 1.54) is 27.7 Å². The number of esters is 4. The van der Waals surface area contributed by atoms with Crippen LogP contribution >= 0.6 is 0 Å². The fourth-order valence-corrected chi connectivity index (χ4v) is 3.46. The van der Waals surface area contributed by atoms with Gasteiger partial charge < -0.3 is 23.7 Å². The summed E-state index contributed by atoms with van der Waals surface area (Å²) in [6.07, 6.45) is -2.22. The van der Waals surface area contributed by atoms with E-state index in [1.807, 2.05) is 0 Å². The molecule has 9 nitrogen and oxygen atoms in total. The van der Waals surface area contributed by atoms with Crippen LogP contribution in [0.15, 0.2) is 0 Å². The van der Waals surface area contributed by atoms with Crippen molar-refractivity contribution in [3.05, 3.63) is 0 Å². The molecule has 1 aliphatic carbocycles. The average molecular weight is 358 g/mol. The predicted molar refractivity (Wildman–Crippen MR) is 80.1 cm³/mol. The highest BCUT2D eigenvalue weighted by Gasteiger charge is 2.64. The number of carbonyl (C=O) groups excluding carboxylic acids is 4.